The van der Waals surface area contributed by atoms with Crippen molar-refractivity contribution in [2.45, 2.75) is 4.90 Å². The zero-order chi connectivity index (χ0) is 18.8. The molecule has 3 amide bonds. The first kappa shape index (κ1) is 17.5. The molecule has 2 aliphatic rings. The number of hydrogen-bond donors (Lipinski definition) is 1. The normalized spacial score (nSPS) is 15.4. The Hall–Kier alpha value is -2.87. The van der Waals surface area contributed by atoms with Crippen LogP contribution in [0, 0.1) is 0 Å². The Bertz CT molecular complexity index is 889. The highest BCUT2D eigenvalue weighted by molar-refractivity contribution is 7.98. The quantitative estimate of drug-likeness (QED) is 0.801. The fourth-order valence-electron chi connectivity index (χ4n) is 3.13. The number of carbonyl (C=O) groups excluding carboxylic acids is 2. The third-order valence-corrected chi connectivity index (χ3v) is 5.27. The van der Waals surface area contributed by atoms with Gasteiger partial charge in [0.15, 0.2) is 11.5 Å². The summed E-state index contributed by atoms with van der Waals surface area (Å²) in [6, 6.07) is 12.8. The zero-order valence-electron chi connectivity index (χ0n) is 14.8. The molecule has 7 nitrogen and oxygen atoms in total. The maximum Gasteiger partial charge on any atom is 0.325 e. The molecular weight excluding hydrogens is 366 g/mol. The van der Waals surface area contributed by atoms with Crippen LogP contribution < -0.4 is 19.7 Å². The largest absolute Gasteiger partial charge is 0.454 e. The molecule has 2 aliphatic heterocycles. The first-order chi connectivity index (χ1) is 13.2. The monoisotopic (exact) mass is 385 g/mol. The van der Waals surface area contributed by atoms with Crippen molar-refractivity contribution in [2.24, 2.45) is 0 Å². The number of rotatable bonds is 5. The highest BCUT2D eigenvalue weighted by Crippen LogP contribution is 2.36. The van der Waals surface area contributed by atoms with Gasteiger partial charge in [-0.05, 0) is 30.5 Å². The molecule has 140 valence electrons. The molecule has 0 unspecified atom stereocenters. The van der Waals surface area contributed by atoms with Crippen LogP contribution in [0.1, 0.15) is 0 Å². The van der Waals surface area contributed by atoms with Crippen LogP contribution in [0.25, 0.3) is 0 Å². The van der Waals surface area contributed by atoms with Gasteiger partial charge >= 0.3 is 6.03 Å². The number of hydrogen-bond acceptors (Lipinski definition) is 5. The van der Waals surface area contributed by atoms with E-state index in [2.05, 4.69) is 5.32 Å². The standard InChI is InChI=1S/C19H19N3O4S/c1-27-17-5-3-2-4-14(17)20-18(23)11-21-8-9-22(19(21)24)13-6-7-15-16(10-13)26-12-25-15/h2-7,10H,8-9,11-12H2,1H3,(H,20,23). The fourth-order valence-corrected chi connectivity index (χ4v) is 3.69. The maximum atomic E-state index is 12.7. The molecule has 0 aromatic heterocycles. The van der Waals surface area contributed by atoms with E-state index < -0.39 is 0 Å². The van der Waals surface area contributed by atoms with Crippen molar-refractivity contribution in [3.8, 4) is 11.5 Å². The van der Waals surface area contributed by atoms with Crippen LogP contribution in [0.15, 0.2) is 47.4 Å². The van der Waals surface area contributed by atoms with Crippen LogP contribution in [0.4, 0.5) is 16.2 Å². The number of nitrogens with one attached hydrogen (secondary N) is 1. The predicted octanol–water partition coefficient (Wildman–Crippen LogP) is 3.02. The van der Waals surface area contributed by atoms with E-state index in [-0.39, 0.29) is 25.3 Å². The summed E-state index contributed by atoms with van der Waals surface area (Å²) in [5, 5.41) is 2.89. The SMILES string of the molecule is CSc1ccccc1NC(=O)CN1CCN(c2ccc3c(c2)OCO3)C1=O. The molecule has 0 aliphatic carbocycles. The molecule has 2 aromatic rings. The van der Waals surface area contributed by atoms with Crippen molar-refractivity contribution in [1.29, 1.82) is 0 Å². The van der Waals surface area contributed by atoms with Gasteiger partial charge in [0.05, 0.1) is 5.69 Å². The van der Waals surface area contributed by atoms with Crippen LogP contribution in [-0.2, 0) is 4.79 Å². The predicted molar refractivity (Wildman–Crippen MR) is 104 cm³/mol. The van der Waals surface area contributed by atoms with Crippen molar-refractivity contribution in [3.05, 3.63) is 42.5 Å². The number of amides is 3. The highest BCUT2D eigenvalue weighted by Gasteiger charge is 2.31. The Morgan fingerprint density at radius 2 is 1.96 bits per heavy atom. The van der Waals surface area contributed by atoms with Crippen LogP contribution in [-0.4, -0.2) is 49.5 Å². The van der Waals surface area contributed by atoms with E-state index in [1.165, 1.54) is 0 Å². The van der Waals surface area contributed by atoms with E-state index in [0.717, 1.165) is 16.3 Å². The van der Waals surface area contributed by atoms with Gasteiger partial charge in [-0.2, -0.15) is 0 Å². The minimum Gasteiger partial charge on any atom is -0.454 e. The summed E-state index contributed by atoms with van der Waals surface area (Å²) < 4.78 is 10.7. The highest BCUT2D eigenvalue weighted by atomic mass is 32.2. The molecule has 0 bridgehead atoms. The van der Waals surface area contributed by atoms with E-state index in [9.17, 15) is 9.59 Å². The van der Waals surface area contributed by atoms with Gasteiger partial charge in [0, 0.05) is 29.7 Å². The number of para-hydroxylation sites is 1. The molecule has 2 aromatic carbocycles. The Morgan fingerprint density at radius 3 is 2.81 bits per heavy atom. The van der Waals surface area contributed by atoms with E-state index >= 15 is 0 Å². The minimum atomic E-state index is -0.211. The number of benzene rings is 2. The van der Waals surface area contributed by atoms with Gasteiger partial charge in [-0.1, -0.05) is 12.1 Å². The van der Waals surface area contributed by atoms with Gasteiger partial charge < -0.3 is 19.7 Å². The summed E-state index contributed by atoms with van der Waals surface area (Å²) >= 11 is 1.56. The summed E-state index contributed by atoms with van der Waals surface area (Å²) in [6.07, 6.45) is 1.96. The summed E-state index contributed by atoms with van der Waals surface area (Å²) in [7, 11) is 0. The van der Waals surface area contributed by atoms with Crippen molar-refractivity contribution in [2.75, 3.05) is 42.9 Å². The molecule has 2 heterocycles. The van der Waals surface area contributed by atoms with Gasteiger partial charge in [0.1, 0.15) is 6.54 Å². The van der Waals surface area contributed by atoms with Gasteiger partial charge in [-0.3, -0.25) is 9.69 Å². The van der Waals surface area contributed by atoms with Gasteiger partial charge in [0.25, 0.3) is 0 Å². The molecule has 27 heavy (non-hydrogen) atoms. The Labute approximate surface area is 161 Å². The first-order valence-corrected chi connectivity index (χ1v) is 9.77. The lowest BCUT2D eigenvalue weighted by Crippen LogP contribution is -2.37. The number of urea groups is 1. The first-order valence-electron chi connectivity index (χ1n) is 8.54. The lowest BCUT2D eigenvalue weighted by atomic mass is 10.2. The van der Waals surface area contributed by atoms with E-state index in [1.54, 1.807) is 33.7 Å². The summed E-state index contributed by atoms with van der Waals surface area (Å²) in [4.78, 5) is 29.3. The van der Waals surface area contributed by atoms with Crippen LogP contribution in [0.5, 0.6) is 11.5 Å². The van der Waals surface area contributed by atoms with Gasteiger partial charge in [-0.25, -0.2) is 4.79 Å². The van der Waals surface area contributed by atoms with Crippen molar-refractivity contribution < 1.29 is 19.1 Å². The third-order valence-electron chi connectivity index (χ3n) is 4.48. The molecular formula is C19H19N3O4S. The molecule has 0 spiro atoms. The minimum absolute atomic E-state index is 0.0165. The third kappa shape index (κ3) is 3.52. The average Bonchev–Trinajstić information content (AvgIpc) is 3.28. The maximum absolute atomic E-state index is 12.7. The fraction of sp³-hybridized carbons (Fsp3) is 0.263. The second-order valence-electron chi connectivity index (χ2n) is 6.14. The molecule has 1 saturated heterocycles. The molecule has 1 fully saturated rings. The Balaban J connectivity index is 1.41. The van der Waals surface area contributed by atoms with Gasteiger partial charge in [0.2, 0.25) is 12.7 Å². The molecule has 4 rings (SSSR count). The van der Waals surface area contributed by atoms with Crippen molar-refractivity contribution in [1.82, 2.24) is 4.90 Å². The topological polar surface area (TPSA) is 71.1 Å². The lowest BCUT2D eigenvalue weighted by molar-refractivity contribution is -0.116. The number of anilines is 2. The van der Waals surface area contributed by atoms with Crippen LogP contribution in [0.3, 0.4) is 0 Å². The number of ether oxygens (including phenoxy) is 2. The van der Waals surface area contributed by atoms with Crippen LogP contribution >= 0.6 is 11.8 Å². The molecule has 0 saturated carbocycles. The van der Waals surface area contributed by atoms with E-state index in [1.807, 2.05) is 36.6 Å². The Kier molecular flexibility index (Phi) is 4.81. The molecule has 0 atom stereocenters. The van der Waals surface area contributed by atoms with Crippen molar-refractivity contribution in [3.63, 3.8) is 0 Å². The zero-order valence-corrected chi connectivity index (χ0v) is 15.6. The Morgan fingerprint density at radius 1 is 1.15 bits per heavy atom. The number of fused-ring (bicyclic) bond motifs is 1. The summed E-state index contributed by atoms with van der Waals surface area (Å²) in [5.41, 5.74) is 1.49. The number of thioether (sulfide) groups is 1. The second-order valence-corrected chi connectivity index (χ2v) is 6.99. The molecule has 0 radical (unpaired) electrons. The second kappa shape index (κ2) is 7.40. The molecule has 1 N–H and O–H groups in total. The number of nitrogens with zero attached hydrogens (tertiary/aromatic N) is 2. The van der Waals surface area contributed by atoms with E-state index in [4.69, 9.17) is 9.47 Å². The van der Waals surface area contributed by atoms with E-state index in [0.29, 0.717) is 24.6 Å². The molecule has 8 heteroatoms. The summed E-state index contributed by atoms with van der Waals surface area (Å²) in [5.74, 6) is 1.09. The summed E-state index contributed by atoms with van der Waals surface area (Å²) in [6.45, 7) is 1.22. The lowest BCUT2D eigenvalue weighted by Gasteiger charge is -2.19. The smallest absolute Gasteiger partial charge is 0.325 e. The van der Waals surface area contributed by atoms with Crippen LogP contribution in [0.2, 0.25) is 0 Å². The van der Waals surface area contributed by atoms with Crippen molar-refractivity contribution >= 4 is 35.1 Å². The number of carbonyl (C=O) groups is 2. The van der Waals surface area contributed by atoms with Gasteiger partial charge in [-0.15, -0.1) is 11.8 Å². The average molecular weight is 385 g/mol.